The second-order valence-electron chi connectivity index (χ2n) is 4.44. The van der Waals surface area contributed by atoms with Gasteiger partial charge >= 0.3 is 0 Å². The van der Waals surface area contributed by atoms with Gasteiger partial charge in [0.25, 0.3) is 0 Å². The first kappa shape index (κ1) is 12.6. The Labute approximate surface area is 105 Å². The maximum absolute atomic E-state index is 13.2. The summed E-state index contributed by atoms with van der Waals surface area (Å²) in [6.45, 7) is 3.75. The molecule has 0 aliphatic heterocycles. The van der Waals surface area contributed by atoms with Crippen LogP contribution in [0.5, 0.6) is 0 Å². The molecule has 1 unspecified atom stereocenters. The predicted octanol–water partition coefficient (Wildman–Crippen LogP) is 4.45. The van der Waals surface area contributed by atoms with Gasteiger partial charge < -0.3 is 5.32 Å². The van der Waals surface area contributed by atoms with E-state index >= 15 is 0 Å². The van der Waals surface area contributed by atoms with Crippen molar-refractivity contribution in [3.05, 3.63) is 65.2 Å². The minimum Gasteiger partial charge on any atom is -0.378 e. The molecule has 18 heavy (non-hydrogen) atoms. The Morgan fingerprint density at radius 2 is 1.78 bits per heavy atom. The summed E-state index contributed by atoms with van der Waals surface area (Å²) in [5, 5.41) is 3.16. The fourth-order valence-electron chi connectivity index (χ4n) is 1.93. The van der Waals surface area contributed by atoms with Crippen molar-refractivity contribution < 1.29 is 8.78 Å². The summed E-state index contributed by atoms with van der Waals surface area (Å²) in [5.41, 5.74) is 2.38. The van der Waals surface area contributed by atoms with Crippen molar-refractivity contribution in [2.75, 3.05) is 5.32 Å². The first-order chi connectivity index (χ1) is 8.54. The molecule has 3 heteroatoms. The highest BCUT2D eigenvalue weighted by molar-refractivity contribution is 5.47. The molecule has 0 saturated carbocycles. The Kier molecular flexibility index (Phi) is 3.60. The van der Waals surface area contributed by atoms with Crippen LogP contribution in [0.3, 0.4) is 0 Å². The normalized spacial score (nSPS) is 12.2. The Hall–Kier alpha value is -1.90. The molecule has 0 bridgehead atoms. The van der Waals surface area contributed by atoms with Crippen LogP contribution in [0.2, 0.25) is 0 Å². The summed E-state index contributed by atoms with van der Waals surface area (Å²) in [6, 6.07) is 11.1. The maximum Gasteiger partial charge on any atom is 0.125 e. The molecule has 1 N–H and O–H groups in total. The molecule has 0 aliphatic rings. The third-order valence-corrected chi connectivity index (χ3v) is 2.77. The zero-order valence-electron chi connectivity index (χ0n) is 10.4. The van der Waals surface area contributed by atoms with E-state index in [0.717, 1.165) is 11.1 Å². The van der Waals surface area contributed by atoms with E-state index in [-0.39, 0.29) is 17.7 Å². The Bertz CT molecular complexity index is 532. The van der Waals surface area contributed by atoms with E-state index in [4.69, 9.17) is 0 Å². The van der Waals surface area contributed by atoms with Gasteiger partial charge in [-0.1, -0.05) is 12.1 Å². The molecule has 94 valence electrons. The van der Waals surface area contributed by atoms with Crippen LogP contribution in [-0.4, -0.2) is 0 Å². The number of rotatable bonds is 3. The highest BCUT2D eigenvalue weighted by atomic mass is 19.1. The molecule has 0 spiro atoms. The molecule has 2 rings (SSSR count). The molecule has 2 aromatic carbocycles. The van der Waals surface area contributed by atoms with E-state index in [0.29, 0.717) is 5.69 Å². The lowest BCUT2D eigenvalue weighted by atomic mass is 10.1. The van der Waals surface area contributed by atoms with Crippen molar-refractivity contribution in [1.82, 2.24) is 0 Å². The molecule has 1 atom stereocenters. The van der Waals surface area contributed by atoms with Gasteiger partial charge in [0.05, 0.1) is 0 Å². The summed E-state index contributed by atoms with van der Waals surface area (Å²) in [6.07, 6.45) is 0. The number of hydrogen-bond acceptors (Lipinski definition) is 1. The van der Waals surface area contributed by atoms with Gasteiger partial charge in [0, 0.05) is 11.7 Å². The van der Waals surface area contributed by atoms with Gasteiger partial charge in [-0.15, -0.1) is 0 Å². The molecule has 0 amide bonds. The van der Waals surface area contributed by atoms with Crippen molar-refractivity contribution in [3.8, 4) is 0 Å². The topological polar surface area (TPSA) is 12.0 Å². The van der Waals surface area contributed by atoms with Gasteiger partial charge in [0.1, 0.15) is 11.6 Å². The van der Waals surface area contributed by atoms with Crippen LogP contribution in [0.1, 0.15) is 24.1 Å². The zero-order valence-corrected chi connectivity index (χ0v) is 10.4. The van der Waals surface area contributed by atoms with Crippen molar-refractivity contribution in [2.45, 2.75) is 19.9 Å². The Balaban J connectivity index is 2.18. The largest absolute Gasteiger partial charge is 0.378 e. The van der Waals surface area contributed by atoms with Crippen LogP contribution in [0.4, 0.5) is 14.5 Å². The van der Waals surface area contributed by atoms with Gasteiger partial charge in [-0.05, 0) is 55.3 Å². The molecule has 0 saturated heterocycles. The monoisotopic (exact) mass is 247 g/mol. The number of benzene rings is 2. The summed E-state index contributed by atoms with van der Waals surface area (Å²) >= 11 is 0. The smallest absolute Gasteiger partial charge is 0.125 e. The molecular formula is C15H15F2N. The fourth-order valence-corrected chi connectivity index (χ4v) is 1.93. The fraction of sp³-hybridized carbons (Fsp3) is 0.200. The molecule has 0 aliphatic carbocycles. The first-order valence-electron chi connectivity index (χ1n) is 5.84. The Morgan fingerprint density at radius 1 is 1.00 bits per heavy atom. The van der Waals surface area contributed by atoms with E-state index in [2.05, 4.69) is 5.32 Å². The van der Waals surface area contributed by atoms with Gasteiger partial charge in [0.2, 0.25) is 0 Å². The van der Waals surface area contributed by atoms with E-state index < -0.39 is 0 Å². The van der Waals surface area contributed by atoms with Gasteiger partial charge in [-0.3, -0.25) is 0 Å². The summed E-state index contributed by atoms with van der Waals surface area (Å²) in [4.78, 5) is 0. The summed E-state index contributed by atoms with van der Waals surface area (Å²) < 4.78 is 26.4. The van der Waals surface area contributed by atoms with Crippen molar-refractivity contribution >= 4 is 5.69 Å². The average molecular weight is 247 g/mol. The van der Waals surface area contributed by atoms with E-state index in [1.165, 1.54) is 24.3 Å². The Morgan fingerprint density at radius 3 is 2.44 bits per heavy atom. The lowest BCUT2D eigenvalue weighted by Gasteiger charge is -2.16. The zero-order chi connectivity index (χ0) is 13.1. The third kappa shape index (κ3) is 3.06. The first-order valence-corrected chi connectivity index (χ1v) is 5.84. The lowest BCUT2D eigenvalue weighted by molar-refractivity contribution is 0.622. The number of halogens is 2. The predicted molar refractivity (Wildman–Crippen MR) is 69.6 cm³/mol. The highest BCUT2D eigenvalue weighted by Gasteiger charge is 2.07. The van der Waals surface area contributed by atoms with Crippen molar-refractivity contribution in [3.63, 3.8) is 0 Å². The minimum absolute atomic E-state index is 0.0816. The second kappa shape index (κ2) is 5.17. The quantitative estimate of drug-likeness (QED) is 0.845. The molecule has 0 radical (unpaired) electrons. The van der Waals surface area contributed by atoms with Crippen molar-refractivity contribution in [2.24, 2.45) is 0 Å². The van der Waals surface area contributed by atoms with Crippen LogP contribution in [0.25, 0.3) is 0 Å². The standard InChI is InChI=1S/C15H15F2N/c1-10-6-14(17)9-15(7-10)18-11(2)12-4-3-5-13(16)8-12/h3-9,11,18H,1-2H3. The number of nitrogens with one attached hydrogen (secondary N) is 1. The van der Waals surface area contributed by atoms with Gasteiger partial charge in [-0.2, -0.15) is 0 Å². The molecule has 0 heterocycles. The van der Waals surface area contributed by atoms with Crippen LogP contribution in [0, 0.1) is 18.6 Å². The van der Waals surface area contributed by atoms with Crippen LogP contribution in [-0.2, 0) is 0 Å². The molecular weight excluding hydrogens is 232 g/mol. The second-order valence-corrected chi connectivity index (χ2v) is 4.44. The van der Waals surface area contributed by atoms with Gasteiger partial charge in [-0.25, -0.2) is 8.78 Å². The van der Waals surface area contributed by atoms with Gasteiger partial charge in [0.15, 0.2) is 0 Å². The van der Waals surface area contributed by atoms with E-state index in [1.54, 1.807) is 6.07 Å². The molecule has 0 fully saturated rings. The third-order valence-electron chi connectivity index (χ3n) is 2.77. The number of anilines is 1. The number of aryl methyl sites for hydroxylation is 1. The minimum atomic E-state index is -0.274. The molecule has 0 aromatic heterocycles. The average Bonchev–Trinajstić information content (AvgIpc) is 2.27. The van der Waals surface area contributed by atoms with Crippen molar-refractivity contribution in [1.29, 1.82) is 0 Å². The van der Waals surface area contributed by atoms with Crippen LogP contribution in [0.15, 0.2) is 42.5 Å². The number of hydrogen-bond donors (Lipinski definition) is 1. The molecule has 2 aromatic rings. The van der Waals surface area contributed by atoms with E-state index in [9.17, 15) is 8.78 Å². The lowest BCUT2D eigenvalue weighted by Crippen LogP contribution is -2.07. The SMILES string of the molecule is Cc1cc(F)cc(NC(C)c2cccc(F)c2)c1. The highest BCUT2D eigenvalue weighted by Crippen LogP contribution is 2.21. The van der Waals surface area contributed by atoms with Crippen LogP contribution >= 0.6 is 0 Å². The van der Waals surface area contributed by atoms with E-state index in [1.807, 2.05) is 26.0 Å². The maximum atomic E-state index is 13.2. The summed E-state index contributed by atoms with van der Waals surface area (Å²) in [5.74, 6) is -0.541. The molecule has 1 nitrogen and oxygen atoms in total. The van der Waals surface area contributed by atoms with Crippen LogP contribution < -0.4 is 5.32 Å². The summed E-state index contributed by atoms with van der Waals surface area (Å²) in [7, 11) is 0.